The largest absolute Gasteiger partial charge is 0.478 e. The molecule has 0 amide bonds. The van der Waals surface area contributed by atoms with E-state index in [9.17, 15) is 20.1 Å². The Bertz CT molecular complexity index is 548. The van der Waals surface area contributed by atoms with E-state index in [1.165, 1.54) is 12.3 Å². The fourth-order valence-corrected chi connectivity index (χ4v) is 2.46. The number of ether oxygens (including phenoxy) is 2. The van der Waals surface area contributed by atoms with Gasteiger partial charge in [-0.3, -0.25) is 4.57 Å². The minimum absolute atomic E-state index is 0.148. The fraction of sp³-hybridized carbons (Fsp3) is 0.692. The molecule has 2 rings (SSSR count). The molecule has 1 saturated heterocycles. The van der Waals surface area contributed by atoms with E-state index in [-0.39, 0.29) is 12.3 Å². The van der Waals surface area contributed by atoms with Crippen LogP contribution in [-0.2, 0) is 4.74 Å². The predicted molar refractivity (Wildman–Crippen MR) is 71.9 cm³/mol. The zero-order valence-electron chi connectivity index (χ0n) is 12.0. The first-order chi connectivity index (χ1) is 9.97. The van der Waals surface area contributed by atoms with E-state index >= 15 is 0 Å². The van der Waals surface area contributed by atoms with Crippen molar-refractivity contribution in [2.24, 2.45) is 0 Å². The smallest absolute Gasteiger partial charge is 0.353 e. The van der Waals surface area contributed by atoms with Crippen LogP contribution in [0.1, 0.15) is 26.5 Å². The van der Waals surface area contributed by atoms with Crippen LogP contribution < -0.4 is 10.4 Å². The molecular formula is C13H20N2O6. The summed E-state index contributed by atoms with van der Waals surface area (Å²) < 4.78 is 11.6. The number of rotatable bonds is 5. The Labute approximate surface area is 121 Å². The van der Waals surface area contributed by atoms with Crippen molar-refractivity contribution < 1.29 is 24.8 Å². The summed E-state index contributed by atoms with van der Waals surface area (Å²) in [5, 5.41) is 29.8. The van der Waals surface area contributed by atoms with Crippen molar-refractivity contribution in [3.05, 3.63) is 22.7 Å². The van der Waals surface area contributed by atoms with Crippen molar-refractivity contribution in [1.82, 2.24) is 9.55 Å². The van der Waals surface area contributed by atoms with E-state index in [1.807, 2.05) is 0 Å². The Morgan fingerprint density at radius 2 is 2.24 bits per heavy atom. The van der Waals surface area contributed by atoms with Gasteiger partial charge in [0.1, 0.15) is 17.8 Å². The zero-order chi connectivity index (χ0) is 15.6. The molecule has 0 aromatic carbocycles. The first-order valence-electron chi connectivity index (χ1n) is 6.86. The van der Waals surface area contributed by atoms with Crippen LogP contribution in [0.25, 0.3) is 0 Å². The molecule has 0 aliphatic carbocycles. The van der Waals surface area contributed by atoms with Gasteiger partial charge in [-0.2, -0.15) is 4.98 Å². The van der Waals surface area contributed by atoms with Crippen molar-refractivity contribution in [3.63, 3.8) is 0 Å². The Kier molecular flexibility index (Phi) is 4.62. The van der Waals surface area contributed by atoms with Gasteiger partial charge in [0.15, 0.2) is 6.23 Å². The van der Waals surface area contributed by atoms with Crippen LogP contribution in [0.2, 0.25) is 0 Å². The average Bonchev–Trinajstić information content (AvgIpc) is 2.73. The van der Waals surface area contributed by atoms with Gasteiger partial charge in [-0.05, 0) is 13.3 Å². The zero-order valence-corrected chi connectivity index (χ0v) is 12.0. The summed E-state index contributed by atoms with van der Waals surface area (Å²) in [6.07, 6.45) is -1.84. The van der Waals surface area contributed by atoms with Gasteiger partial charge in [0, 0.05) is 12.3 Å². The molecule has 0 radical (unpaired) electrons. The molecule has 8 nitrogen and oxygen atoms in total. The Morgan fingerprint density at radius 1 is 1.52 bits per heavy atom. The molecule has 0 spiro atoms. The number of hydrogen-bond donors (Lipinski definition) is 3. The number of hydrogen-bond acceptors (Lipinski definition) is 7. The highest BCUT2D eigenvalue weighted by atomic mass is 16.6. The second-order valence-electron chi connectivity index (χ2n) is 4.89. The van der Waals surface area contributed by atoms with Crippen molar-refractivity contribution in [2.75, 3.05) is 13.2 Å². The van der Waals surface area contributed by atoms with Gasteiger partial charge in [0.05, 0.1) is 13.2 Å². The molecule has 2 heterocycles. The number of aliphatic hydroxyl groups excluding tert-OH is 2. The van der Waals surface area contributed by atoms with Crippen LogP contribution in [-0.4, -0.2) is 55.9 Å². The van der Waals surface area contributed by atoms with Crippen LogP contribution in [0.15, 0.2) is 17.1 Å². The molecule has 21 heavy (non-hydrogen) atoms. The second-order valence-corrected chi connectivity index (χ2v) is 4.89. The maximum atomic E-state index is 12.0. The lowest BCUT2D eigenvalue weighted by Crippen LogP contribution is -2.48. The Balaban J connectivity index is 2.38. The van der Waals surface area contributed by atoms with Crippen LogP contribution >= 0.6 is 0 Å². The molecule has 0 unspecified atom stereocenters. The molecule has 1 aromatic heterocycles. The maximum absolute atomic E-state index is 12.0. The van der Waals surface area contributed by atoms with Crippen LogP contribution in [0, 0.1) is 0 Å². The topological polar surface area (TPSA) is 114 Å². The minimum Gasteiger partial charge on any atom is -0.478 e. The lowest BCUT2D eigenvalue weighted by molar-refractivity contribution is -0.112. The highest BCUT2D eigenvalue weighted by Gasteiger charge is 2.55. The van der Waals surface area contributed by atoms with E-state index in [2.05, 4.69) is 4.98 Å². The monoisotopic (exact) mass is 300 g/mol. The Hall–Kier alpha value is -1.48. The minimum atomic E-state index is -1.67. The van der Waals surface area contributed by atoms with Gasteiger partial charge in [0.25, 0.3) is 0 Å². The van der Waals surface area contributed by atoms with Crippen molar-refractivity contribution in [3.8, 4) is 5.88 Å². The van der Waals surface area contributed by atoms with Crippen molar-refractivity contribution in [2.45, 2.75) is 44.3 Å². The third kappa shape index (κ3) is 2.67. The molecule has 1 fully saturated rings. The molecule has 0 saturated carbocycles. The van der Waals surface area contributed by atoms with Gasteiger partial charge in [-0.15, -0.1) is 0 Å². The summed E-state index contributed by atoms with van der Waals surface area (Å²) in [5.74, 6) is 0.177. The van der Waals surface area contributed by atoms with Gasteiger partial charge >= 0.3 is 5.69 Å². The van der Waals surface area contributed by atoms with E-state index in [0.29, 0.717) is 6.61 Å². The molecule has 1 aliphatic heterocycles. The van der Waals surface area contributed by atoms with Crippen LogP contribution in [0.4, 0.5) is 0 Å². The quantitative estimate of drug-likeness (QED) is 0.641. The Morgan fingerprint density at radius 3 is 2.76 bits per heavy atom. The summed E-state index contributed by atoms with van der Waals surface area (Å²) in [7, 11) is 0. The highest BCUT2D eigenvalue weighted by Crippen LogP contribution is 2.39. The normalized spacial score (nSPS) is 32.3. The van der Waals surface area contributed by atoms with Crippen molar-refractivity contribution in [1.29, 1.82) is 0 Å². The highest BCUT2D eigenvalue weighted by molar-refractivity contribution is 5.09. The third-order valence-electron chi connectivity index (χ3n) is 3.69. The first kappa shape index (κ1) is 15.9. The lowest BCUT2D eigenvalue weighted by Gasteiger charge is -2.30. The molecule has 3 N–H and O–H groups in total. The van der Waals surface area contributed by atoms with Gasteiger partial charge in [0.2, 0.25) is 5.88 Å². The summed E-state index contributed by atoms with van der Waals surface area (Å²) in [4.78, 5) is 15.8. The molecule has 8 heteroatoms. The predicted octanol–water partition coefficient (Wildman–Crippen LogP) is -0.966. The fourth-order valence-electron chi connectivity index (χ4n) is 2.46. The molecule has 1 aliphatic rings. The summed E-state index contributed by atoms with van der Waals surface area (Å²) in [6, 6.07) is 1.48. The number of nitrogens with zero attached hydrogens (tertiary/aromatic N) is 2. The van der Waals surface area contributed by atoms with Crippen LogP contribution in [0.3, 0.4) is 0 Å². The maximum Gasteiger partial charge on any atom is 0.353 e. The molecule has 0 bridgehead atoms. The molecule has 118 valence electrons. The number of aromatic nitrogens is 2. The second kappa shape index (κ2) is 6.10. The number of aliphatic hydroxyl groups is 3. The van der Waals surface area contributed by atoms with Gasteiger partial charge in [-0.25, -0.2) is 4.79 Å². The van der Waals surface area contributed by atoms with Crippen LogP contribution in [0.5, 0.6) is 5.88 Å². The van der Waals surface area contributed by atoms with E-state index in [1.54, 1.807) is 13.8 Å². The standard InChI is InChI=1S/C13H20N2O6/c1-3-13(19)10(17)8(7-16)21-11(13)15-6-5-9(20-4-2)14-12(15)18/h5-6,8,10-11,16-17,19H,3-4,7H2,1-2H3/t8-,10-,11-,13+/m1/s1. The molecule has 4 atom stereocenters. The van der Waals surface area contributed by atoms with E-state index in [0.717, 1.165) is 4.57 Å². The SMILES string of the molecule is CCOc1ccn([C@@H]2O[C@H](CO)[C@@H](O)[C@@]2(O)CC)c(=O)n1. The van der Waals surface area contributed by atoms with Crippen molar-refractivity contribution >= 4 is 0 Å². The van der Waals surface area contributed by atoms with E-state index in [4.69, 9.17) is 9.47 Å². The van der Waals surface area contributed by atoms with Gasteiger partial charge < -0.3 is 24.8 Å². The summed E-state index contributed by atoms with van der Waals surface area (Å²) in [5.41, 5.74) is -2.34. The third-order valence-corrected chi connectivity index (χ3v) is 3.69. The first-order valence-corrected chi connectivity index (χ1v) is 6.86. The van der Waals surface area contributed by atoms with Gasteiger partial charge in [-0.1, -0.05) is 6.92 Å². The molecular weight excluding hydrogens is 280 g/mol. The average molecular weight is 300 g/mol. The van der Waals surface area contributed by atoms with E-state index < -0.39 is 36.3 Å². The summed E-state index contributed by atoms with van der Waals surface area (Å²) >= 11 is 0. The summed E-state index contributed by atoms with van der Waals surface area (Å²) in [6.45, 7) is 3.34. The molecule has 1 aromatic rings. The lowest BCUT2D eigenvalue weighted by atomic mass is 9.91.